The summed E-state index contributed by atoms with van der Waals surface area (Å²) in [5, 5.41) is 12.6. The Balaban J connectivity index is 2.07. The topological polar surface area (TPSA) is 84.6 Å². The molecule has 21 heavy (non-hydrogen) atoms. The van der Waals surface area contributed by atoms with Crippen LogP contribution in [0.4, 0.5) is 5.69 Å². The number of ether oxygens (including phenoxy) is 1. The van der Waals surface area contributed by atoms with E-state index < -0.39 is 0 Å². The molecular formula is C16H18N2O3. The Kier molecular flexibility index (Phi) is 4.33. The number of carbonyl (C=O) groups is 1. The highest BCUT2D eigenvalue weighted by molar-refractivity contribution is 5.97. The molecule has 2 rings (SSSR count). The molecule has 0 aromatic heterocycles. The molecular weight excluding hydrogens is 268 g/mol. The van der Waals surface area contributed by atoms with E-state index in [9.17, 15) is 9.90 Å². The van der Waals surface area contributed by atoms with Crippen molar-refractivity contribution >= 4 is 11.6 Å². The number of rotatable bonds is 4. The summed E-state index contributed by atoms with van der Waals surface area (Å²) in [6, 6.07) is 10.4. The maximum absolute atomic E-state index is 12.1. The summed E-state index contributed by atoms with van der Waals surface area (Å²) in [5.74, 6) is 0.274. The van der Waals surface area contributed by atoms with E-state index in [2.05, 4.69) is 5.32 Å². The minimum atomic E-state index is -0.328. The first-order chi connectivity index (χ1) is 10.0. The second kappa shape index (κ2) is 6.17. The molecule has 0 aliphatic rings. The number of phenolic OH excluding ortho intramolecular Hbond substituents is 1. The molecule has 0 aliphatic heterocycles. The van der Waals surface area contributed by atoms with Crippen LogP contribution in [0.3, 0.4) is 0 Å². The summed E-state index contributed by atoms with van der Waals surface area (Å²) in [7, 11) is 1.55. The molecule has 1 amide bonds. The van der Waals surface area contributed by atoms with Crippen LogP contribution in [-0.4, -0.2) is 18.1 Å². The molecule has 0 unspecified atom stereocenters. The maximum Gasteiger partial charge on any atom is 0.255 e. The number of phenols is 1. The Bertz CT molecular complexity index is 669. The van der Waals surface area contributed by atoms with E-state index in [1.54, 1.807) is 44.4 Å². The Morgan fingerprint density at radius 1 is 1.33 bits per heavy atom. The monoisotopic (exact) mass is 286 g/mol. The number of aromatic hydroxyl groups is 1. The number of amides is 1. The maximum atomic E-state index is 12.1. The highest BCUT2D eigenvalue weighted by Crippen LogP contribution is 2.23. The summed E-state index contributed by atoms with van der Waals surface area (Å²) >= 11 is 0. The van der Waals surface area contributed by atoms with E-state index in [4.69, 9.17) is 10.5 Å². The highest BCUT2D eigenvalue weighted by atomic mass is 16.5. The third-order valence-corrected chi connectivity index (χ3v) is 3.23. The van der Waals surface area contributed by atoms with Gasteiger partial charge in [0.15, 0.2) is 0 Å². The Morgan fingerprint density at radius 3 is 2.76 bits per heavy atom. The van der Waals surface area contributed by atoms with Gasteiger partial charge in [0.2, 0.25) is 0 Å². The summed E-state index contributed by atoms with van der Waals surface area (Å²) < 4.78 is 5.08. The van der Waals surface area contributed by atoms with Crippen LogP contribution in [0.25, 0.3) is 0 Å². The van der Waals surface area contributed by atoms with E-state index in [-0.39, 0.29) is 17.2 Å². The predicted octanol–water partition coefficient (Wildman–Crippen LogP) is 2.22. The van der Waals surface area contributed by atoms with Crippen LogP contribution in [0.15, 0.2) is 36.4 Å². The first kappa shape index (κ1) is 14.7. The van der Waals surface area contributed by atoms with Gasteiger partial charge in [0, 0.05) is 6.54 Å². The van der Waals surface area contributed by atoms with Crippen molar-refractivity contribution in [2.75, 3.05) is 12.8 Å². The number of hydrogen-bond donors (Lipinski definition) is 3. The van der Waals surface area contributed by atoms with Crippen molar-refractivity contribution in [3.63, 3.8) is 0 Å². The van der Waals surface area contributed by atoms with E-state index in [1.807, 2.05) is 6.07 Å². The van der Waals surface area contributed by atoms with Gasteiger partial charge < -0.3 is 20.9 Å². The molecule has 5 nitrogen and oxygen atoms in total. The van der Waals surface area contributed by atoms with Crippen LogP contribution in [0.1, 0.15) is 21.5 Å². The molecule has 0 spiro atoms. The summed E-state index contributed by atoms with van der Waals surface area (Å²) in [6.07, 6.45) is 0. The number of anilines is 1. The van der Waals surface area contributed by atoms with Gasteiger partial charge in [-0.3, -0.25) is 4.79 Å². The van der Waals surface area contributed by atoms with Crippen LogP contribution in [-0.2, 0) is 6.54 Å². The smallest absolute Gasteiger partial charge is 0.255 e. The lowest BCUT2D eigenvalue weighted by atomic mass is 10.1. The van der Waals surface area contributed by atoms with Gasteiger partial charge in [0.25, 0.3) is 5.91 Å². The average molecular weight is 286 g/mol. The number of methoxy groups -OCH3 is 1. The minimum Gasteiger partial charge on any atom is -0.507 e. The molecule has 4 N–H and O–H groups in total. The van der Waals surface area contributed by atoms with Gasteiger partial charge >= 0.3 is 0 Å². The Labute approximate surface area is 123 Å². The molecule has 0 atom stereocenters. The largest absolute Gasteiger partial charge is 0.507 e. The molecule has 0 fully saturated rings. The van der Waals surface area contributed by atoms with Gasteiger partial charge in [0.05, 0.1) is 18.4 Å². The third-order valence-electron chi connectivity index (χ3n) is 3.23. The van der Waals surface area contributed by atoms with Crippen molar-refractivity contribution in [3.8, 4) is 11.5 Å². The molecule has 0 aliphatic carbocycles. The second-order valence-electron chi connectivity index (χ2n) is 4.73. The molecule has 0 bridgehead atoms. The molecule has 0 heterocycles. The third kappa shape index (κ3) is 3.25. The molecule has 0 saturated carbocycles. The Morgan fingerprint density at radius 2 is 2.10 bits per heavy atom. The van der Waals surface area contributed by atoms with Crippen LogP contribution >= 0.6 is 0 Å². The minimum absolute atomic E-state index is 0.00393. The molecule has 110 valence electrons. The second-order valence-corrected chi connectivity index (χ2v) is 4.73. The van der Waals surface area contributed by atoms with E-state index >= 15 is 0 Å². The summed E-state index contributed by atoms with van der Waals surface area (Å²) in [4.78, 5) is 12.1. The zero-order valence-corrected chi connectivity index (χ0v) is 12.0. The van der Waals surface area contributed by atoms with E-state index in [0.717, 1.165) is 5.56 Å². The number of hydrogen-bond acceptors (Lipinski definition) is 4. The lowest BCUT2D eigenvalue weighted by Gasteiger charge is -2.10. The van der Waals surface area contributed by atoms with E-state index in [1.165, 1.54) is 0 Å². The first-order valence-electron chi connectivity index (χ1n) is 6.52. The van der Waals surface area contributed by atoms with Crippen molar-refractivity contribution in [1.29, 1.82) is 0 Å². The number of nitrogen functional groups attached to an aromatic ring is 1. The number of benzene rings is 2. The van der Waals surface area contributed by atoms with Gasteiger partial charge in [-0.15, -0.1) is 0 Å². The quantitative estimate of drug-likeness (QED) is 0.752. The molecule has 2 aromatic rings. The lowest BCUT2D eigenvalue weighted by Crippen LogP contribution is -2.23. The van der Waals surface area contributed by atoms with Gasteiger partial charge in [-0.25, -0.2) is 0 Å². The number of aryl methyl sites for hydroxylation is 1. The van der Waals surface area contributed by atoms with Gasteiger partial charge in [-0.05, 0) is 36.2 Å². The lowest BCUT2D eigenvalue weighted by molar-refractivity contribution is 0.0948. The SMILES string of the molecule is COc1ccc(CNC(=O)c2cccc(C)c2O)cc1N. The Hall–Kier alpha value is -2.69. The van der Waals surface area contributed by atoms with Crippen molar-refractivity contribution in [2.24, 2.45) is 0 Å². The number of nitrogens with one attached hydrogen (secondary N) is 1. The van der Waals surface area contributed by atoms with Gasteiger partial charge in [-0.2, -0.15) is 0 Å². The van der Waals surface area contributed by atoms with E-state index in [0.29, 0.717) is 23.5 Å². The van der Waals surface area contributed by atoms with Crippen molar-refractivity contribution in [1.82, 2.24) is 5.32 Å². The van der Waals surface area contributed by atoms with Gasteiger partial charge in [0.1, 0.15) is 11.5 Å². The fourth-order valence-electron chi connectivity index (χ4n) is 2.01. The predicted molar refractivity (Wildman–Crippen MR) is 81.4 cm³/mol. The fraction of sp³-hybridized carbons (Fsp3) is 0.188. The molecule has 0 saturated heterocycles. The average Bonchev–Trinajstić information content (AvgIpc) is 2.47. The number of carbonyl (C=O) groups excluding carboxylic acids is 1. The molecule has 2 aromatic carbocycles. The number of nitrogens with two attached hydrogens (primary N) is 1. The number of para-hydroxylation sites is 1. The van der Waals surface area contributed by atoms with Crippen molar-refractivity contribution in [2.45, 2.75) is 13.5 Å². The molecule has 5 heteroatoms. The summed E-state index contributed by atoms with van der Waals surface area (Å²) in [6.45, 7) is 2.07. The zero-order valence-electron chi connectivity index (χ0n) is 12.0. The van der Waals surface area contributed by atoms with Crippen LogP contribution in [0.5, 0.6) is 11.5 Å². The van der Waals surface area contributed by atoms with Crippen molar-refractivity contribution in [3.05, 3.63) is 53.1 Å². The van der Waals surface area contributed by atoms with Gasteiger partial charge in [-0.1, -0.05) is 18.2 Å². The zero-order chi connectivity index (χ0) is 15.4. The summed E-state index contributed by atoms with van der Waals surface area (Å²) in [5.41, 5.74) is 8.11. The fourth-order valence-corrected chi connectivity index (χ4v) is 2.01. The van der Waals surface area contributed by atoms with Crippen LogP contribution < -0.4 is 15.8 Å². The highest BCUT2D eigenvalue weighted by Gasteiger charge is 2.12. The van der Waals surface area contributed by atoms with Crippen LogP contribution in [0, 0.1) is 6.92 Å². The standard InChI is InChI=1S/C16H18N2O3/c1-10-4-3-5-12(15(10)19)16(20)18-9-11-6-7-14(21-2)13(17)8-11/h3-8,19H,9,17H2,1-2H3,(H,18,20). The molecule has 0 radical (unpaired) electrons. The first-order valence-corrected chi connectivity index (χ1v) is 6.52. The van der Waals surface area contributed by atoms with Crippen LogP contribution in [0.2, 0.25) is 0 Å². The van der Waals surface area contributed by atoms with Crippen molar-refractivity contribution < 1.29 is 14.6 Å². The normalized spacial score (nSPS) is 10.2.